The lowest BCUT2D eigenvalue weighted by Crippen LogP contribution is -2.34. The molecule has 1 saturated heterocycles. The van der Waals surface area contributed by atoms with Crippen LogP contribution in [0.3, 0.4) is 0 Å². The molecule has 0 N–H and O–H groups in total. The molecule has 7 aromatic carbocycles. The fourth-order valence-corrected chi connectivity index (χ4v) is 23.1. The summed E-state index contributed by atoms with van der Waals surface area (Å²) in [5.74, 6) is 5.57. The molecule has 0 saturated carbocycles. The third kappa shape index (κ3) is 37.9. The fourth-order valence-electron chi connectivity index (χ4n) is 16.6. The van der Waals surface area contributed by atoms with Gasteiger partial charge >= 0.3 is 0 Å². The van der Waals surface area contributed by atoms with Crippen molar-refractivity contribution in [3.8, 4) is 57.5 Å². The molecule has 119 heavy (non-hydrogen) atoms. The molecule has 10 nitrogen and oxygen atoms in total. The molecule has 1 aliphatic rings. The molecule has 0 spiro atoms. The van der Waals surface area contributed by atoms with E-state index in [4.69, 9.17) is 37.9 Å². The summed E-state index contributed by atoms with van der Waals surface area (Å²) in [4.78, 5) is 18.8. The number of amides is 1. The fraction of sp³-hybridized carbons (Fsp3) is 0.598. The molecule has 1 fully saturated rings. The summed E-state index contributed by atoms with van der Waals surface area (Å²) in [6.07, 6.45) is 57.6. The number of hydrogen-bond acceptors (Lipinski definition) is 9. The van der Waals surface area contributed by atoms with E-state index >= 15 is 4.79 Å². The Bertz CT molecular complexity index is 3300. The minimum atomic E-state index is -0.983. The number of nitrogens with zero attached hydrogens (tertiary/aromatic N) is 1. The van der Waals surface area contributed by atoms with E-state index in [9.17, 15) is 0 Å². The Balaban J connectivity index is 1.24. The van der Waals surface area contributed by atoms with Gasteiger partial charge < -0.3 is 42.8 Å². The van der Waals surface area contributed by atoms with Gasteiger partial charge in [0.2, 0.25) is 11.5 Å². The van der Waals surface area contributed by atoms with Crippen LogP contribution in [0.4, 0.5) is 0 Å². The molecule has 1 amide bonds. The lowest BCUT2D eigenvalue weighted by molar-refractivity contribution is 0.0792. The van der Waals surface area contributed by atoms with Crippen molar-refractivity contribution in [1.82, 2.24) is 4.90 Å². The molecule has 1 heterocycles. The van der Waals surface area contributed by atoms with Crippen LogP contribution in [0.25, 0.3) is 0 Å². The van der Waals surface area contributed by atoms with Crippen LogP contribution in [0, 0.1) is 0 Å². The number of rotatable bonds is 71. The second-order valence-corrected chi connectivity index (χ2v) is 38.6. The molecule has 0 aliphatic carbocycles. The number of carbonyl (C=O) groups excluding carboxylic acids is 1. The highest BCUT2D eigenvalue weighted by atomic mass is 31.1. The monoisotopic (exact) mass is 1660 g/mol. The molecular formula is C107H159NO9P2. The van der Waals surface area contributed by atoms with Crippen molar-refractivity contribution in [2.45, 2.75) is 361 Å². The van der Waals surface area contributed by atoms with Gasteiger partial charge in [0.05, 0.1) is 39.6 Å². The molecule has 0 unspecified atom stereocenters. The SMILES string of the molecule is CCCCCCCCCCOc1cc(Oc2cc(Oc3cc(OCCCCCCCCCC)c(OCCCCCCCCCC)c(OCCCCCCCCCC)c3)cc(C(=O)N3C[C@@H](P(c4ccccc4)c4ccccc4)[C@H](P(c4ccccc4)c4ccccc4)C3)c2)cc(OCCCCCCCCCC)c1OCCCCCCCCCC. The Morgan fingerprint density at radius 1 is 0.261 bits per heavy atom. The standard InChI is InChI=1S/C107H159NO9P2/c1-7-13-19-25-31-37-43-61-75-110-99-84-93(85-100(111-76-62-44-38-32-26-20-14-8-2)105(99)114-79-65-47-41-35-29-23-17-11-5)116-91-81-90(107(109)108-88-103(118(95-67-53-49-54-68-95)96-69-55-50-56-70-96)104(89-108)119(97-71-57-51-58-72-97)98-73-59-52-60-74-98)82-92(83-91)117-94-86-101(112-77-63-45-39-33-27-21-15-9-3)106(115-80-66-48-42-36-30-24-18-12-6)102(87-94)113-78-64-46-40-34-28-22-16-10-4/h49-60,67-74,81-87,103-104H,7-48,61-66,75-80,88-89H2,1-6H3/t103-,104-/m1/s1. The second kappa shape index (κ2) is 62.4. The van der Waals surface area contributed by atoms with E-state index in [0.717, 1.165) is 77.0 Å². The van der Waals surface area contributed by atoms with Gasteiger partial charge in [-0.25, -0.2) is 0 Å². The zero-order chi connectivity index (χ0) is 83.5. The molecular weight excluding hydrogens is 1510 g/mol. The first-order chi connectivity index (χ1) is 58.9. The van der Waals surface area contributed by atoms with Gasteiger partial charge in [0.15, 0.2) is 23.0 Å². The van der Waals surface area contributed by atoms with Crippen molar-refractivity contribution < 1.29 is 42.7 Å². The molecule has 656 valence electrons. The van der Waals surface area contributed by atoms with Gasteiger partial charge in [-0.2, -0.15) is 0 Å². The maximum atomic E-state index is 16.6. The lowest BCUT2D eigenvalue weighted by atomic mass is 10.1. The number of likely N-dealkylation sites (tertiary alicyclic amines) is 1. The normalized spacial score (nSPS) is 13.4. The Labute approximate surface area is 726 Å². The van der Waals surface area contributed by atoms with Crippen LogP contribution in [0.2, 0.25) is 0 Å². The van der Waals surface area contributed by atoms with E-state index in [2.05, 4.69) is 168 Å². The zero-order valence-corrected chi connectivity index (χ0v) is 77.1. The number of carbonyl (C=O) groups is 1. The number of hydrogen-bond donors (Lipinski definition) is 0. The summed E-state index contributed by atoms with van der Waals surface area (Å²) in [6, 6.07) is 58.2. The lowest BCUT2D eigenvalue weighted by Gasteiger charge is -2.34. The highest BCUT2D eigenvalue weighted by Gasteiger charge is 2.46. The molecule has 0 bridgehead atoms. The van der Waals surface area contributed by atoms with E-state index in [-0.39, 0.29) is 17.2 Å². The molecule has 2 atom stereocenters. The maximum Gasteiger partial charge on any atom is 0.254 e. The summed E-state index contributed by atoms with van der Waals surface area (Å²) in [7, 11) is -1.97. The average molecular weight is 1670 g/mol. The smallest absolute Gasteiger partial charge is 0.254 e. The molecule has 12 heteroatoms. The van der Waals surface area contributed by atoms with Crippen molar-refractivity contribution in [2.75, 3.05) is 52.7 Å². The van der Waals surface area contributed by atoms with Crippen LogP contribution in [-0.4, -0.2) is 74.9 Å². The van der Waals surface area contributed by atoms with Crippen molar-refractivity contribution in [3.63, 3.8) is 0 Å². The Kier molecular flexibility index (Phi) is 51.2. The minimum Gasteiger partial charge on any atom is -0.489 e. The van der Waals surface area contributed by atoms with Gasteiger partial charge in [-0.3, -0.25) is 4.79 Å². The van der Waals surface area contributed by atoms with E-state index in [0.29, 0.717) is 116 Å². The van der Waals surface area contributed by atoms with Gasteiger partial charge in [-0.15, -0.1) is 0 Å². The topological polar surface area (TPSA) is 94.2 Å². The van der Waals surface area contributed by atoms with Crippen molar-refractivity contribution in [3.05, 3.63) is 169 Å². The summed E-state index contributed by atoms with van der Waals surface area (Å²) < 4.78 is 56.4. The predicted octanol–water partition coefficient (Wildman–Crippen LogP) is 30.8. The third-order valence-electron chi connectivity index (χ3n) is 23.4. The molecule has 1 aliphatic heterocycles. The van der Waals surface area contributed by atoms with Crippen LogP contribution in [0.1, 0.15) is 360 Å². The van der Waals surface area contributed by atoms with E-state index in [1.165, 1.54) is 252 Å². The molecule has 7 aromatic rings. The maximum absolute atomic E-state index is 16.6. The predicted molar refractivity (Wildman–Crippen MR) is 510 cm³/mol. The van der Waals surface area contributed by atoms with Gasteiger partial charge in [-0.05, 0) is 87.7 Å². The summed E-state index contributed by atoms with van der Waals surface area (Å²) in [6.45, 7) is 18.1. The number of benzene rings is 7. The summed E-state index contributed by atoms with van der Waals surface area (Å²) in [5, 5.41) is 5.22. The molecule has 8 rings (SSSR count). The van der Waals surface area contributed by atoms with Crippen LogP contribution < -0.4 is 59.1 Å². The first kappa shape index (κ1) is 97.7. The highest BCUT2D eigenvalue weighted by molar-refractivity contribution is 7.77. The largest absolute Gasteiger partial charge is 0.489 e. The van der Waals surface area contributed by atoms with Crippen LogP contribution >= 0.6 is 15.8 Å². The second-order valence-electron chi connectivity index (χ2n) is 33.8. The van der Waals surface area contributed by atoms with Gasteiger partial charge in [-0.1, -0.05) is 433 Å². The summed E-state index contributed by atoms with van der Waals surface area (Å²) >= 11 is 0. The Hall–Kier alpha value is -6.73. The van der Waals surface area contributed by atoms with Crippen molar-refractivity contribution >= 4 is 43.0 Å². The molecule has 0 radical (unpaired) electrons. The zero-order valence-electron chi connectivity index (χ0n) is 75.4. The van der Waals surface area contributed by atoms with Gasteiger partial charge in [0.25, 0.3) is 5.91 Å². The summed E-state index contributed by atoms with van der Waals surface area (Å²) in [5.41, 5.74) is 0.652. The van der Waals surface area contributed by atoms with Crippen LogP contribution in [0.15, 0.2) is 164 Å². The van der Waals surface area contributed by atoms with E-state index < -0.39 is 15.8 Å². The first-order valence-electron chi connectivity index (χ1n) is 48.6. The van der Waals surface area contributed by atoms with Gasteiger partial charge in [0, 0.05) is 60.3 Å². The van der Waals surface area contributed by atoms with E-state index in [1.54, 1.807) is 0 Å². The Morgan fingerprint density at radius 3 is 0.689 bits per heavy atom. The van der Waals surface area contributed by atoms with Crippen LogP contribution in [0.5, 0.6) is 57.5 Å². The van der Waals surface area contributed by atoms with Crippen molar-refractivity contribution in [2.24, 2.45) is 0 Å². The van der Waals surface area contributed by atoms with Crippen molar-refractivity contribution in [1.29, 1.82) is 0 Å². The van der Waals surface area contributed by atoms with Gasteiger partial charge in [0.1, 0.15) is 23.0 Å². The van der Waals surface area contributed by atoms with E-state index in [1.807, 2.05) is 42.5 Å². The Morgan fingerprint density at radius 2 is 0.462 bits per heavy atom. The third-order valence-corrected chi connectivity index (χ3v) is 29.5. The number of ether oxygens (including phenoxy) is 8. The quantitative estimate of drug-likeness (QED) is 0.0273. The average Bonchev–Trinajstić information content (AvgIpc) is 1.63. The minimum absolute atomic E-state index is 0.0816. The highest BCUT2D eigenvalue weighted by Crippen LogP contribution is 2.55. The first-order valence-corrected chi connectivity index (χ1v) is 51.4. The van der Waals surface area contributed by atoms with Crippen LogP contribution in [-0.2, 0) is 0 Å². The number of unbranched alkanes of at least 4 members (excludes halogenated alkanes) is 42. The molecule has 0 aromatic heterocycles.